The van der Waals surface area contributed by atoms with Gasteiger partial charge in [0.2, 0.25) is 0 Å². The van der Waals surface area contributed by atoms with Crippen molar-refractivity contribution in [2.45, 2.75) is 20.8 Å². The fraction of sp³-hybridized carbons (Fsp3) is 0.200. The predicted molar refractivity (Wildman–Crippen MR) is 84.3 cm³/mol. The van der Waals surface area contributed by atoms with Gasteiger partial charge in [-0.1, -0.05) is 12.1 Å². The van der Waals surface area contributed by atoms with Crippen LogP contribution in [-0.4, -0.2) is 0 Å². The van der Waals surface area contributed by atoms with E-state index in [4.69, 9.17) is 10.5 Å². The molecule has 0 saturated carbocycles. The third-order valence-electron chi connectivity index (χ3n) is 3.14. The quantitative estimate of drug-likeness (QED) is 0.612. The second kappa shape index (κ2) is 5.36. The third-order valence-corrected chi connectivity index (χ3v) is 3.97. The van der Waals surface area contributed by atoms with Gasteiger partial charge >= 0.3 is 0 Å². The number of anilines is 1. The van der Waals surface area contributed by atoms with E-state index in [-0.39, 0.29) is 5.82 Å². The predicted octanol–water partition coefficient (Wildman–Crippen LogP) is 4.73. The van der Waals surface area contributed by atoms with Gasteiger partial charge in [0.15, 0.2) is 5.75 Å². The average Bonchev–Trinajstić information content (AvgIpc) is 2.36. The fourth-order valence-electron chi connectivity index (χ4n) is 1.82. The first-order valence-electron chi connectivity index (χ1n) is 5.89. The normalized spacial score (nSPS) is 10.6. The SMILES string of the molecule is Cc1ccc(C)c(Oc2cc(F)c(I)cc2N)c1C. The molecule has 19 heavy (non-hydrogen) atoms. The van der Waals surface area contributed by atoms with E-state index >= 15 is 0 Å². The molecule has 4 heteroatoms. The lowest BCUT2D eigenvalue weighted by Crippen LogP contribution is -1.98. The highest BCUT2D eigenvalue weighted by Crippen LogP contribution is 2.35. The summed E-state index contributed by atoms with van der Waals surface area (Å²) in [6.07, 6.45) is 0. The molecule has 0 amide bonds. The number of benzene rings is 2. The highest BCUT2D eigenvalue weighted by Gasteiger charge is 2.12. The summed E-state index contributed by atoms with van der Waals surface area (Å²) in [6, 6.07) is 6.93. The minimum Gasteiger partial charge on any atom is -0.455 e. The van der Waals surface area contributed by atoms with Crippen molar-refractivity contribution < 1.29 is 9.13 Å². The monoisotopic (exact) mass is 371 g/mol. The first-order chi connectivity index (χ1) is 8.90. The van der Waals surface area contributed by atoms with Crippen LogP contribution < -0.4 is 10.5 Å². The van der Waals surface area contributed by atoms with E-state index in [9.17, 15) is 4.39 Å². The average molecular weight is 371 g/mol. The highest BCUT2D eigenvalue weighted by molar-refractivity contribution is 14.1. The van der Waals surface area contributed by atoms with Crippen molar-refractivity contribution in [3.05, 3.63) is 50.3 Å². The second-order valence-electron chi connectivity index (χ2n) is 4.56. The van der Waals surface area contributed by atoms with E-state index in [0.717, 1.165) is 22.4 Å². The molecule has 2 rings (SSSR count). The van der Waals surface area contributed by atoms with Crippen LogP contribution in [-0.2, 0) is 0 Å². The zero-order valence-corrected chi connectivity index (χ0v) is 13.2. The van der Waals surface area contributed by atoms with Gasteiger partial charge in [-0.15, -0.1) is 0 Å². The molecule has 0 saturated heterocycles. The summed E-state index contributed by atoms with van der Waals surface area (Å²) in [5, 5.41) is 0. The number of nitrogens with two attached hydrogens (primary N) is 1. The minimum atomic E-state index is -0.326. The van der Waals surface area contributed by atoms with Crippen LogP contribution in [0.4, 0.5) is 10.1 Å². The highest BCUT2D eigenvalue weighted by atomic mass is 127. The van der Waals surface area contributed by atoms with E-state index in [1.54, 1.807) is 6.07 Å². The summed E-state index contributed by atoms with van der Waals surface area (Å²) >= 11 is 1.91. The number of hydrogen-bond donors (Lipinski definition) is 1. The number of halogens is 2. The molecule has 0 aliphatic rings. The Labute approximate surface area is 125 Å². The molecule has 0 aromatic heterocycles. The summed E-state index contributed by atoms with van der Waals surface area (Å²) in [6.45, 7) is 5.96. The molecule has 0 aliphatic carbocycles. The first-order valence-corrected chi connectivity index (χ1v) is 6.97. The van der Waals surface area contributed by atoms with Gasteiger partial charge in [0, 0.05) is 6.07 Å². The molecule has 2 aromatic carbocycles. The Kier molecular flexibility index (Phi) is 3.99. The van der Waals surface area contributed by atoms with Crippen LogP contribution in [0.5, 0.6) is 11.5 Å². The van der Waals surface area contributed by atoms with E-state index < -0.39 is 0 Å². The number of aryl methyl sites for hydroxylation is 2. The van der Waals surface area contributed by atoms with Crippen LogP contribution in [0.2, 0.25) is 0 Å². The summed E-state index contributed by atoms with van der Waals surface area (Å²) in [7, 11) is 0. The standard InChI is InChI=1S/C15H15FINO/c1-8-4-5-9(2)15(10(8)3)19-14-6-11(16)12(17)7-13(14)18/h4-7H,18H2,1-3H3. The fourth-order valence-corrected chi connectivity index (χ4v) is 2.32. The Bertz CT molecular complexity index is 641. The maximum Gasteiger partial charge on any atom is 0.153 e. The molecule has 2 N–H and O–H groups in total. The van der Waals surface area contributed by atoms with Crippen LogP contribution in [0.15, 0.2) is 24.3 Å². The Morgan fingerprint density at radius 1 is 1.11 bits per heavy atom. The van der Waals surface area contributed by atoms with Crippen LogP contribution in [0.3, 0.4) is 0 Å². The largest absolute Gasteiger partial charge is 0.455 e. The molecule has 0 spiro atoms. The lowest BCUT2D eigenvalue weighted by Gasteiger charge is -2.15. The van der Waals surface area contributed by atoms with Crippen LogP contribution in [0, 0.1) is 30.2 Å². The van der Waals surface area contributed by atoms with Crippen LogP contribution in [0.25, 0.3) is 0 Å². The lowest BCUT2D eigenvalue weighted by atomic mass is 10.1. The Morgan fingerprint density at radius 3 is 2.42 bits per heavy atom. The van der Waals surface area contributed by atoms with Gasteiger partial charge in [-0.2, -0.15) is 0 Å². The topological polar surface area (TPSA) is 35.2 Å². The molecular formula is C15H15FINO. The molecule has 0 fully saturated rings. The third kappa shape index (κ3) is 2.83. The minimum absolute atomic E-state index is 0.326. The van der Waals surface area contributed by atoms with Crippen molar-refractivity contribution in [3.8, 4) is 11.5 Å². The molecule has 0 atom stereocenters. The zero-order valence-electron chi connectivity index (χ0n) is 11.1. The molecule has 100 valence electrons. The Balaban J connectivity index is 2.48. The molecule has 2 nitrogen and oxygen atoms in total. The number of rotatable bonds is 2. The van der Waals surface area contributed by atoms with Crippen molar-refractivity contribution in [2.75, 3.05) is 5.73 Å². The first kappa shape index (κ1) is 14.1. The molecular weight excluding hydrogens is 356 g/mol. The van der Waals surface area contributed by atoms with E-state index in [2.05, 4.69) is 0 Å². The summed E-state index contributed by atoms with van der Waals surface area (Å²) in [5.41, 5.74) is 9.49. The summed E-state index contributed by atoms with van der Waals surface area (Å²) in [4.78, 5) is 0. The van der Waals surface area contributed by atoms with E-state index in [1.807, 2.05) is 55.5 Å². The number of nitrogen functional groups attached to an aromatic ring is 1. The Hall–Kier alpha value is -1.30. The molecule has 0 bridgehead atoms. The molecule has 2 aromatic rings. The number of ether oxygens (including phenoxy) is 1. The van der Waals surface area contributed by atoms with Gasteiger partial charge in [-0.05, 0) is 66.1 Å². The van der Waals surface area contributed by atoms with Gasteiger partial charge < -0.3 is 10.5 Å². The maximum atomic E-state index is 13.6. The van der Waals surface area contributed by atoms with Crippen molar-refractivity contribution in [1.82, 2.24) is 0 Å². The molecule has 0 heterocycles. The van der Waals surface area contributed by atoms with Gasteiger partial charge in [-0.25, -0.2) is 4.39 Å². The van der Waals surface area contributed by atoms with E-state index in [1.165, 1.54) is 6.07 Å². The van der Waals surface area contributed by atoms with Crippen LogP contribution >= 0.6 is 22.6 Å². The molecule has 0 radical (unpaired) electrons. The van der Waals surface area contributed by atoms with Gasteiger partial charge in [0.1, 0.15) is 11.6 Å². The van der Waals surface area contributed by atoms with Crippen molar-refractivity contribution in [2.24, 2.45) is 0 Å². The summed E-state index contributed by atoms with van der Waals surface area (Å²) < 4.78 is 19.9. The maximum absolute atomic E-state index is 13.6. The lowest BCUT2D eigenvalue weighted by molar-refractivity contribution is 0.471. The zero-order chi connectivity index (χ0) is 14.2. The Morgan fingerprint density at radius 2 is 1.74 bits per heavy atom. The number of hydrogen-bond acceptors (Lipinski definition) is 2. The second-order valence-corrected chi connectivity index (χ2v) is 5.72. The summed E-state index contributed by atoms with van der Waals surface area (Å²) in [5.74, 6) is 0.773. The molecule has 0 aliphatic heterocycles. The smallest absolute Gasteiger partial charge is 0.153 e. The molecule has 0 unspecified atom stereocenters. The van der Waals surface area contributed by atoms with Crippen molar-refractivity contribution in [1.29, 1.82) is 0 Å². The van der Waals surface area contributed by atoms with Gasteiger partial charge in [0.25, 0.3) is 0 Å². The van der Waals surface area contributed by atoms with Crippen molar-refractivity contribution in [3.63, 3.8) is 0 Å². The van der Waals surface area contributed by atoms with E-state index in [0.29, 0.717) is 15.0 Å². The van der Waals surface area contributed by atoms with Gasteiger partial charge in [0.05, 0.1) is 9.26 Å². The van der Waals surface area contributed by atoms with Crippen LogP contribution in [0.1, 0.15) is 16.7 Å². The van der Waals surface area contributed by atoms with Gasteiger partial charge in [-0.3, -0.25) is 0 Å². The van der Waals surface area contributed by atoms with Crippen molar-refractivity contribution >= 4 is 28.3 Å².